The summed E-state index contributed by atoms with van der Waals surface area (Å²) in [7, 11) is 5.40. The summed E-state index contributed by atoms with van der Waals surface area (Å²) in [6.07, 6.45) is 5.14. The first kappa shape index (κ1) is 24.1. The molecule has 0 radical (unpaired) electrons. The van der Waals surface area contributed by atoms with Crippen LogP contribution in [0.5, 0.6) is 0 Å². The SMILES string of the molecule is CN=C(NCCC(=O)NC1CCCC1)N(C)Cc1csc(C(C)OC)n1.I. The number of carbonyl (C=O) groups is 1. The average Bonchev–Trinajstić information content (AvgIpc) is 3.30. The number of aliphatic imine (C=N–C) groups is 1. The molecule has 1 fully saturated rings. The van der Waals surface area contributed by atoms with Crippen molar-refractivity contribution in [1.82, 2.24) is 20.5 Å². The number of guanidine groups is 1. The molecular formula is C18H32IN5O2S. The summed E-state index contributed by atoms with van der Waals surface area (Å²) in [6.45, 7) is 3.21. The normalized spacial score (nSPS) is 15.9. The minimum Gasteiger partial charge on any atom is -0.375 e. The molecule has 1 atom stereocenters. The number of hydrogen-bond donors (Lipinski definition) is 2. The van der Waals surface area contributed by atoms with Crippen molar-refractivity contribution >= 4 is 47.2 Å². The van der Waals surface area contributed by atoms with Crippen molar-refractivity contribution < 1.29 is 9.53 Å². The Labute approximate surface area is 183 Å². The molecule has 0 aliphatic heterocycles. The van der Waals surface area contributed by atoms with Gasteiger partial charge in [0.15, 0.2) is 5.96 Å². The van der Waals surface area contributed by atoms with Gasteiger partial charge >= 0.3 is 0 Å². The van der Waals surface area contributed by atoms with E-state index in [-0.39, 0.29) is 36.0 Å². The number of halogens is 1. The number of nitrogens with one attached hydrogen (secondary N) is 2. The van der Waals surface area contributed by atoms with Crippen LogP contribution >= 0.6 is 35.3 Å². The summed E-state index contributed by atoms with van der Waals surface area (Å²) < 4.78 is 5.31. The van der Waals surface area contributed by atoms with Gasteiger partial charge in [-0.25, -0.2) is 4.98 Å². The molecule has 1 aliphatic carbocycles. The molecule has 0 bridgehead atoms. The van der Waals surface area contributed by atoms with E-state index in [2.05, 4.69) is 20.6 Å². The monoisotopic (exact) mass is 509 g/mol. The molecule has 7 nitrogen and oxygen atoms in total. The van der Waals surface area contributed by atoms with Crippen LogP contribution in [0.15, 0.2) is 10.4 Å². The highest BCUT2D eigenvalue weighted by Gasteiger charge is 2.17. The highest BCUT2D eigenvalue weighted by molar-refractivity contribution is 14.0. The van der Waals surface area contributed by atoms with E-state index >= 15 is 0 Å². The van der Waals surface area contributed by atoms with E-state index in [4.69, 9.17) is 4.74 Å². The standard InChI is InChI=1S/C18H31N5O2S.HI/c1-13(25-4)17-22-15(12-26-17)11-23(3)18(19-2)20-10-9-16(24)21-14-7-5-6-8-14;/h12-14H,5-11H2,1-4H3,(H,19,20)(H,21,24);1H. The fourth-order valence-electron chi connectivity index (χ4n) is 3.04. The fourth-order valence-corrected chi connectivity index (χ4v) is 3.89. The molecule has 1 aromatic rings. The van der Waals surface area contributed by atoms with Crippen LogP contribution in [0.2, 0.25) is 0 Å². The van der Waals surface area contributed by atoms with Crippen molar-refractivity contribution in [2.24, 2.45) is 4.99 Å². The van der Waals surface area contributed by atoms with Crippen LogP contribution in [0.3, 0.4) is 0 Å². The number of amides is 1. The van der Waals surface area contributed by atoms with E-state index in [1.807, 2.05) is 24.3 Å². The Morgan fingerprint density at radius 1 is 1.48 bits per heavy atom. The molecule has 9 heteroatoms. The second-order valence-corrected chi connectivity index (χ2v) is 7.57. The topological polar surface area (TPSA) is 78.9 Å². The molecule has 1 aromatic heterocycles. The highest BCUT2D eigenvalue weighted by Crippen LogP contribution is 2.21. The lowest BCUT2D eigenvalue weighted by molar-refractivity contribution is -0.121. The van der Waals surface area contributed by atoms with E-state index < -0.39 is 0 Å². The zero-order chi connectivity index (χ0) is 18.9. The van der Waals surface area contributed by atoms with Gasteiger partial charge in [-0.1, -0.05) is 12.8 Å². The summed E-state index contributed by atoms with van der Waals surface area (Å²) in [6, 6.07) is 0.373. The Balaban J connectivity index is 0.00000364. The average molecular weight is 509 g/mol. The number of ether oxygens (including phenoxy) is 1. The van der Waals surface area contributed by atoms with Gasteiger partial charge < -0.3 is 20.3 Å². The van der Waals surface area contributed by atoms with Gasteiger partial charge in [0, 0.05) is 45.6 Å². The van der Waals surface area contributed by atoms with Gasteiger partial charge in [0.05, 0.1) is 12.2 Å². The Morgan fingerprint density at radius 2 is 2.19 bits per heavy atom. The summed E-state index contributed by atoms with van der Waals surface area (Å²) in [5.41, 5.74) is 0.985. The molecule has 1 unspecified atom stereocenters. The molecule has 2 rings (SSSR count). The molecule has 1 saturated carbocycles. The predicted molar refractivity (Wildman–Crippen MR) is 121 cm³/mol. The quantitative estimate of drug-likeness (QED) is 0.320. The van der Waals surface area contributed by atoms with E-state index in [0.29, 0.717) is 25.6 Å². The fraction of sp³-hybridized carbons (Fsp3) is 0.722. The zero-order valence-corrected chi connectivity index (χ0v) is 19.8. The lowest BCUT2D eigenvalue weighted by atomic mass is 10.2. The Hall–Kier alpha value is -0.940. The first-order valence-electron chi connectivity index (χ1n) is 9.21. The van der Waals surface area contributed by atoms with Crippen LogP contribution < -0.4 is 10.6 Å². The third-order valence-electron chi connectivity index (χ3n) is 4.60. The molecule has 27 heavy (non-hydrogen) atoms. The number of hydrogen-bond acceptors (Lipinski definition) is 5. The minimum atomic E-state index is 0. The highest BCUT2D eigenvalue weighted by atomic mass is 127. The second-order valence-electron chi connectivity index (χ2n) is 6.68. The van der Waals surface area contributed by atoms with Gasteiger partial charge in [0.25, 0.3) is 0 Å². The molecular weight excluding hydrogens is 477 g/mol. The van der Waals surface area contributed by atoms with Crippen molar-refractivity contribution in [2.45, 2.75) is 57.7 Å². The van der Waals surface area contributed by atoms with Gasteiger partial charge in [0.2, 0.25) is 5.91 Å². The maximum atomic E-state index is 12.0. The maximum absolute atomic E-state index is 12.0. The van der Waals surface area contributed by atoms with Crippen LogP contribution in [-0.2, 0) is 16.1 Å². The molecule has 1 heterocycles. The van der Waals surface area contributed by atoms with E-state index in [1.165, 1.54) is 12.8 Å². The third-order valence-corrected chi connectivity index (χ3v) is 5.65. The van der Waals surface area contributed by atoms with Gasteiger partial charge in [-0.2, -0.15) is 0 Å². The van der Waals surface area contributed by atoms with Crippen LogP contribution in [0, 0.1) is 0 Å². The molecule has 1 aliphatic rings. The van der Waals surface area contributed by atoms with Gasteiger partial charge in [-0.15, -0.1) is 35.3 Å². The van der Waals surface area contributed by atoms with Crippen molar-refractivity contribution in [3.63, 3.8) is 0 Å². The first-order chi connectivity index (χ1) is 12.5. The second kappa shape index (κ2) is 12.5. The van der Waals surface area contributed by atoms with Crippen LogP contribution in [-0.4, -0.2) is 55.5 Å². The number of nitrogens with zero attached hydrogens (tertiary/aromatic N) is 3. The largest absolute Gasteiger partial charge is 0.375 e. The lowest BCUT2D eigenvalue weighted by Gasteiger charge is -2.21. The number of methoxy groups -OCH3 is 1. The van der Waals surface area contributed by atoms with Crippen molar-refractivity contribution in [3.8, 4) is 0 Å². The minimum absolute atomic E-state index is 0. The number of rotatable bonds is 8. The van der Waals surface area contributed by atoms with Crippen molar-refractivity contribution in [3.05, 3.63) is 16.1 Å². The van der Waals surface area contributed by atoms with Gasteiger partial charge in [-0.3, -0.25) is 9.79 Å². The summed E-state index contributed by atoms with van der Waals surface area (Å²) in [5, 5.41) is 9.38. The molecule has 154 valence electrons. The zero-order valence-electron chi connectivity index (χ0n) is 16.7. The number of thiazole rings is 1. The summed E-state index contributed by atoms with van der Waals surface area (Å²) >= 11 is 1.60. The first-order valence-corrected chi connectivity index (χ1v) is 10.1. The van der Waals surface area contributed by atoms with E-state index in [0.717, 1.165) is 29.5 Å². The van der Waals surface area contributed by atoms with Gasteiger partial charge in [-0.05, 0) is 19.8 Å². The van der Waals surface area contributed by atoms with Gasteiger partial charge in [0.1, 0.15) is 11.1 Å². The van der Waals surface area contributed by atoms with Crippen LogP contribution in [0.1, 0.15) is 55.8 Å². The Bertz CT molecular complexity index is 604. The number of aromatic nitrogens is 1. The Morgan fingerprint density at radius 3 is 2.81 bits per heavy atom. The number of carbonyl (C=O) groups excluding carboxylic acids is 1. The molecule has 0 spiro atoms. The molecule has 2 N–H and O–H groups in total. The molecule has 1 amide bonds. The molecule has 0 saturated heterocycles. The van der Waals surface area contributed by atoms with Crippen LogP contribution in [0.25, 0.3) is 0 Å². The lowest BCUT2D eigenvalue weighted by Crippen LogP contribution is -2.41. The maximum Gasteiger partial charge on any atom is 0.221 e. The van der Waals surface area contributed by atoms with Crippen molar-refractivity contribution in [2.75, 3.05) is 27.7 Å². The smallest absolute Gasteiger partial charge is 0.221 e. The predicted octanol–water partition coefficient (Wildman–Crippen LogP) is 2.92. The van der Waals surface area contributed by atoms with E-state index in [1.54, 1.807) is 25.5 Å². The Kier molecular flexibility index (Phi) is 11.2. The third kappa shape index (κ3) is 7.90. The van der Waals surface area contributed by atoms with Crippen molar-refractivity contribution in [1.29, 1.82) is 0 Å². The van der Waals surface area contributed by atoms with Crippen LogP contribution in [0.4, 0.5) is 0 Å². The summed E-state index contributed by atoms with van der Waals surface area (Å²) in [5.74, 6) is 0.869. The summed E-state index contributed by atoms with van der Waals surface area (Å²) in [4.78, 5) is 22.9. The van der Waals surface area contributed by atoms with E-state index in [9.17, 15) is 4.79 Å². The molecule has 0 aromatic carbocycles.